The molecule has 1 N–H and O–H groups in total. The molecule has 34 heavy (non-hydrogen) atoms. The van der Waals surface area contributed by atoms with Crippen molar-refractivity contribution in [1.29, 1.82) is 0 Å². The molecule has 4 atom stereocenters. The summed E-state index contributed by atoms with van der Waals surface area (Å²) in [6, 6.07) is 13.6. The number of benzene rings is 2. The van der Waals surface area contributed by atoms with Crippen molar-refractivity contribution < 1.29 is 38.4 Å². The van der Waals surface area contributed by atoms with Crippen molar-refractivity contribution in [3.8, 4) is 0 Å². The summed E-state index contributed by atoms with van der Waals surface area (Å²) in [5.74, 6) is -1.23. The molecule has 0 bridgehead atoms. The standard InChI is InChI=1S/C25H26O8S/c1-4-13-30-25(29)33-21-20(32-23(27)18-11-7-16(3)8-12-18)19(34-24(21)28)14-31-22(26)17-9-5-15(2)6-10-17/h4-12,19-21,24,28H,1,13-14H2,2-3H3/t19-,20-,21+,24?/m0/s1. The van der Waals surface area contributed by atoms with Gasteiger partial charge in [-0.3, -0.25) is 0 Å². The number of aliphatic hydroxyl groups excluding tert-OH is 1. The van der Waals surface area contributed by atoms with Crippen LogP contribution in [0.1, 0.15) is 31.8 Å². The molecule has 3 rings (SSSR count). The molecule has 1 aliphatic heterocycles. The topological polar surface area (TPSA) is 108 Å². The van der Waals surface area contributed by atoms with Crippen molar-refractivity contribution in [1.82, 2.24) is 0 Å². The largest absolute Gasteiger partial charge is 0.509 e. The van der Waals surface area contributed by atoms with Crippen LogP contribution >= 0.6 is 11.8 Å². The van der Waals surface area contributed by atoms with Gasteiger partial charge < -0.3 is 24.1 Å². The second kappa shape index (κ2) is 11.7. The van der Waals surface area contributed by atoms with Crippen molar-refractivity contribution in [2.24, 2.45) is 0 Å². The van der Waals surface area contributed by atoms with E-state index < -0.39 is 41.0 Å². The highest BCUT2D eigenvalue weighted by Crippen LogP contribution is 2.37. The molecule has 2 aromatic carbocycles. The van der Waals surface area contributed by atoms with Gasteiger partial charge in [0.1, 0.15) is 18.6 Å². The quantitative estimate of drug-likeness (QED) is 0.338. The number of rotatable bonds is 8. The van der Waals surface area contributed by atoms with Gasteiger partial charge in [0.15, 0.2) is 12.2 Å². The summed E-state index contributed by atoms with van der Waals surface area (Å²) in [6.45, 7) is 6.98. The van der Waals surface area contributed by atoms with E-state index in [0.29, 0.717) is 11.1 Å². The molecular weight excluding hydrogens is 460 g/mol. The fourth-order valence-electron chi connectivity index (χ4n) is 3.19. The van der Waals surface area contributed by atoms with E-state index in [1.165, 1.54) is 6.08 Å². The first-order chi connectivity index (χ1) is 16.3. The summed E-state index contributed by atoms with van der Waals surface area (Å²) in [7, 11) is 0. The van der Waals surface area contributed by atoms with Crippen LogP contribution in [0, 0.1) is 13.8 Å². The van der Waals surface area contributed by atoms with Gasteiger partial charge in [-0.25, -0.2) is 14.4 Å². The lowest BCUT2D eigenvalue weighted by molar-refractivity contribution is -0.0645. The Balaban J connectivity index is 1.73. The van der Waals surface area contributed by atoms with Crippen molar-refractivity contribution in [3.05, 3.63) is 83.4 Å². The summed E-state index contributed by atoms with van der Waals surface area (Å²) in [4.78, 5) is 37.2. The second-order valence-corrected chi connectivity index (χ2v) is 9.06. The number of thioether (sulfide) groups is 1. The molecule has 0 saturated carbocycles. The van der Waals surface area contributed by atoms with Crippen molar-refractivity contribution in [2.45, 2.75) is 36.7 Å². The number of aliphatic hydroxyl groups is 1. The van der Waals surface area contributed by atoms with Gasteiger partial charge in [-0.15, -0.1) is 11.8 Å². The van der Waals surface area contributed by atoms with Gasteiger partial charge in [0.05, 0.1) is 16.4 Å². The number of carbonyl (C=O) groups excluding carboxylic acids is 3. The maximum absolute atomic E-state index is 12.8. The maximum Gasteiger partial charge on any atom is 0.509 e. The molecule has 180 valence electrons. The minimum atomic E-state index is -1.23. The first-order valence-corrected chi connectivity index (χ1v) is 11.5. The van der Waals surface area contributed by atoms with E-state index >= 15 is 0 Å². The second-order valence-electron chi connectivity index (χ2n) is 7.70. The highest BCUT2D eigenvalue weighted by atomic mass is 32.2. The minimum Gasteiger partial charge on any atom is -0.461 e. The van der Waals surface area contributed by atoms with E-state index in [4.69, 9.17) is 18.9 Å². The fourth-order valence-corrected chi connectivity index (χ4v) is 4.43. The molecule has 1 fully saturated rings. The smallest absolute Gasteiger partial charge is 0.461 e. The first kappa shape index (κ1) is 25.3. The Hall–Kier alpha value is -3.30. The monoisotopic (exact) mass is 486 g/mol. The Bertz CT molecular complexity index is 1020. The Morgan fingerprint density at radius 1 is 0.882 bits per heavy atom. The molecule has 2 aromatic rings. The van der Waals surface area contributed by atoms with Crippen LogP contribution in [0.15, 0.2) is 61.2 Å². The van der Waals surface area contributed by atoms with Crippen LogP contribution in [0.2, 0.25) is 0 Å². The molecule has 8 nitrogen and oxygen atoms in total. The van der Waals surface area contributed by atoms with Gasteiger partial charge in [0.2, 0.25) is 0 Å². The molecule has 0 aliphatic carbocycles. The lowest BCUT2D eigenvalue weighted by Gasteiger charge is -2.24. The van der Waals surface area contributed by atoms with Gasteiger partial charge in [-0.1, -0.05) is 48.0 Å². The van der Waals surface area contributed by atoms with Crippen LogP contribution in [0.3, 0.4) is 0 Å². The van der Waals surface area contributed by atoms with E-state index in [9.17, 15) is 19.5 Å². The zero-order chi connectivity index (χ0) is 24.7. The van der Waals surface area contributed by atoms with Gasteiger partial charge in [-0.05, 0) is 38.1 Å². The van der Waals surface area contributed by atoms with Crippen LogP contribution in [0.25, 0.3) is 0 Å². The van der Waals surface area contributed by atoms with E-state index in [-0.39, 0.29) is 13.2 Å². The molecule has 1 aliphatic rings. The van der Waals surface area contributed by atoms with Gasteiger partial charge >= 0.3 is 18.1 Å². The molecule has 1 saturated heterocycles. The van der Waals surface area contributed by atoms with E-state index in [2.05, 4.69) is 6.58 Å². The summed E-state index contributed by atoms with van der Waals surface area (Å²) in [5.41, 5.74) is 1.39. The third-order valence-electron chi connectivity index (χ3n) is 5.03. The average molecular weight is 487 g/mol. The number of ether oxygens (including phenoxy) is 4. The van der Waals surface area contributed by atoms with Crippen LogP contribution in [-0.4, -0.2) is 59.3 Å². The summed E-state index contributed by atoms with van der Waals surface area (Å²) in [5, 5.41) is 9.83. The molecular formula is C25H26O8S. The molecule has 1 unspecified atom stereocenters. The van der Waals surface area contributed by atoms with E-state index in [0.717, 1.165) is 22.9 Å². The van der Waals surface area contributed by atoms with Crippen molar-refractivity contribution in [2.75, 3.05) is 13.2 Å². The van der Waals surface area contributed by atoms with Crippen LogP contribution in [-0.2, 0) is 18.9 Å². The average Bonchev–Trinajstić information content (AvgIpc) is 3.10. The highest BCUT2D eigenvalue weighted by Gasteiger charge is 2.49. The van der Waals surface area contributed by atoms with Crippen molar-refractivity contribution in [3.63, 3.8) is 0 Å². The van der Waals surface area contributed by atoms with Gasteiger partial charge in [-0.2, -0.15) is 0 Å². The number of hydrogen-bond donors (Lipinski definition) is 1. The zero-order valence-electron chi connectivity index (χ0n) is 18.8. The van der Waals surface area contributed by atoms with Gasteiger partial charge in [0, 0.05) is 0 Å². The Kier molecular flexibility index (Phi) is 8.72. The zero-order valence-corrected chi connectivity index (χ0v) is 19.7. The summed E-state index contributed by atoms with van der Waals surface area (Å²) >= 11 is 0.975. The predicted octanol–water partition coefficient (Wildman–Crippen LogP) is 3.83. The lowest BCUT2D eigenvalue weighted by atomic mass is 10.1. The number of carbonyl (C=O) groups is 3. The normalized spacial score (nSPS) is 21.4. The predicted molar refractivity (Wildman–Crippen MR) is 126 cm³/mol. The lowest BCUT2D eigenvalue weighted by Crippen LogP contribution is -2.42. The maximum atomic E-state index is 12.8. The first-order valence-electron chi connectivity index (χ1n) is 10.6. The molecule has 9 heteroatoms. The molecule has 1 heterocycles. The third-order valence-corrected chi connectivity index (χ3v) is 6.33. The SMILES string of the molecule is C=CCOC(=O)O[C@H]1C(O)S[C@@H](COC(=O)c2ccc(C)cc2)[C@@H]1OC(=O)c1ccc(C)cc1. The molecule has 0 amide bonds. The van der Waals surface area contributed by atoms with Crippen LogP contribution in [0.5, 0.6) is 0 Å². The third kappa shape index (κ3) is 6.61. The Labute approximate surface area is 201 Å². The van der Waals surface area contributed by atoms with E-state index in [1.807, 2.05) is 13.8 Å². The molecule has 0 spiro atoms. The Morgan fingerprint density at radius 3 is 2.00 bits per heavy atom. The van der Waals surface area contributed by atoms with E-state index in [1.54, 1.807) is 48.5 Å². The molecule has 0 radical (unpaired) electrons. The number of hydrogen-bond acceptors (Lipinski definition) is 9. The van der Waals surface area contributed by atoms with Crippen LogP contribution in [0.4, 0.5) is 4.79 Å². The van der Waals surface area contributed by atoms with Gasteiger partial charge in [0.25, 0.3) is 0 Å². The number of aryl methyl sites for hydroxylation is 2. The summed E-state index contributed by atoms with van der Waals surface area (Å²) < 4.78 is 21.1. The fraction of sp³-hybridized carbons (Fsp3) is 0.320. The minimum absolute atomic E-state index is 0.0831. The Morgan fingerprint density at radius 2 is 1.44 bits per heavy atom. The van der Waals surface area contributed by atoms with Crippen molar-refractivity contribution >= 4 is 29.9 Å². The van der Waals surface area contributed by atoms with Crippen LogP contribution < -0.4 is 0 Å². The highest BCUT2D eigenvalue weighted by molar-refractivity contribution is 8.00. The molecule has 0 aromatic heterocycles. The summed E-state index contributed by atoms with van der Waals surface area (Å²) in [6.07, 6.45) is -1.99. The number of esters is 2.